The topological polar surface area (TPSA) is 0 Å². The number of benzene rings is 2. The third-order valence-corrected chi connectivity index (χ3v) is 2.04. The average Bonchev–Trinajstić information content (AvgIpc) is 2.20. The molecule has 0 bridgehead atoms. The second-order valence-electron chi connectivity index (χ2n) is 3.00. The van der Waals surface area contributed by atoms with Crippen molar-refractivity contribution in [2.45, 2.75) is 6.92 Å². The van der Waals surface area contributed by atoms with E-state index in [1.54, 1.807) is 0 Å². The van der Waals surface area contributed by atoms with Crippen molar-refractivity contribution < 1.29 is 37.7 Å². The van der Waals surface area contributed by atoms with Gasteiger partial charge in [-0.3, -0.25) is 0 Å². The van der Waals surface area contributed by atoms with E-state index in [1.807, 2.05) is 30.3 Å². The van der Waals surface area contributed by atoms with Gasteiger partial charge >= 0.3 is 37.7 Å². The first-order valence-corrected chi connectivity index (χ1v) is 4.32. The molecule has 0 fully saturated rings. The molecule has 0 aromatic heterocycles. The number of rotatable bonds is 1. The summed E-state index contributed by atoms with van der Waals surface area (Å²) in [6.45, 7) is 2.09. The van der Waals surface area contributed by atoms with Gasteiger partial charge in [-0.2, -0.15) is 48.0 Å². The zero-order valence-electron chi connectivity index (χ0n) is 9.54. The van der Waals surface area contributed by atoms with Gasteiger partial charge in [0.2, 0.25) is 0 Å². The van der Waals surface area contributed by atoms with Gasteiger partial charge in [0.25, 0.3) is 0 Å². The van der Waals surface area contributed by atoms with Crippen LogP contribution in [0.2, 0.25) is 0 Å². The van der Waals surface area contributed by atoms with Crippen LogP contribution in [-0.2, 0) is 0 Å². The van der Waals surface area contributed by atoms with Crippen LogP contribution in [0.3, 0.4) is 0 Å². The number of aryl methyl sites for hydroxylation is 1. The molecule has 0 spiro atoms. The molecule has 0 aliphatic rings. The Balaban J connectivity index is 0.000000980. The van der Waals surface area contributed by atoms with Crippen LogP contribution in [-0.4, -0.2) is 0 Å². The van der Waals surface area contributed by atoms with Crippen LogP contribution in [0, 0.1) is 19.1 Å². The molecule has 0 amide bonds. The summed E-state index contributed by atoms with van der Waals surface area (Å²) in [5, 5.41) is 0. The van der Waals surface area contributed by atoms with Crippen LogP contribution >= 0.6 is 0 Å². The summed E-state index contributed by atoms with van der Waals surface area (Å²) >= 11 is 0. The summed E-state index contributed by atoms with van der Waals surface area (Å²) < 4.78 is 0. The fourth-order valence-corrected chi connectivity index (χ4v) is 1.36. The molecule has 2 aromatic carbocycles. The van der Waals surface area contributed by atoms with Crippen molar-refractivity contribution in [2.75, 3.05) is 0 Å². The van der Waals surface area contributed by atoms with Crippen LogP contribution in [0.1, 0.15) is 5.56 Å². The molecule has 0 aliphatic heterocycles. The fourth-order valence-electron chi connectivity index (χ4n) is 1.36. The predicted octanol–water partition coefficient (Wildman–Crippen LogP) is -2.73. The van der Waals surface area contributed by atoms with E-state index >= 15 is 0 Å². The second-order valence-corrected chi connectivity index (χ2v) is 3.00. The normalized spacial score (nSPS) is 8.60. The van der Waals surface area contributed by atoms with Gasteiger partial charge in [-0.15, -0.1) is 12.1 Å². The Morgan fingerprint density at radius 3 is 2.20 bits per heavy atom. The Morgan fingerprint density at radius 2 is 1.60 bits per heavy atom. The van der Waals surface area contributed by atoms with Crippen LogP contribution < -0.4 is 37.7 Å². The van der Waals surface area contributed by atoms with Crippen molar-refractivity contribution in [1.82, 2.24) is 0 Å². The van der Waals surface area contributed by atoms with Crippen molar-refractivity contribution in [1.29, 1.82) is 0 Å². The SMILES string of the molecule is Cc1ccc[c-]c1-c1[c-]cccc1.[Li+].[Li+]. The van der Waals surface area contributed by atoms with Gasteiger partial charge in [-0.25, -0.2) is 11.1 Å². The molecular weight excluding hydrogens is 170 g/mol. The largest absolute Gasteiger partial charge is 1.00 e. The minimum atomic E-state index is 0. The maximum atomic E-state index is 3.22. The summed E-state index contributed by atoms with van der Waals surface area (Å²) in [6, 6.07) is 20.4. The number of hydrogen-bond acceptors (Lipinski definition) is 0. The molecule has 2 rings (SSSR count). The van der Waals surface area contributed by atoms with Gasteiger partial charge in [0.1, 0.15) is 0 Å². The predicted molar refractivity (Wildman–Crippen MR) is 54.3 cm³/mol. The summed E-state index contributed by atoms with van der Waals surface area (Å²) in [5.41, 5.74) is 3.49. The van der Waals surface area contributed by atoms with E-state index in [0.717, 1.165) is 11.1 Å². The van der Waals surface area contributed by atoms with E-state index in [4.69, 9.17) is 0 Å². The van der Waals surface area contributed by atoms with E-state index in [-0.39, 0.29) is 37.7 Å². The molecule has 0 unspecified atom stereocenters. The Kier molecular flexibility index (Phi) is 6.83. The molecule has 2 aromatic rings. The van der Waals surface area contributed by atoms with Crippen molar-refractivity contribution >= 4 is 0 Å². The number of hydrogen-bond donors (Lipinski definition) is 0. The van der Waals surface area contributed by atoms with E-state index < -0.39 is 0 Å². The zero-order valence-corrected chi connectivity index (χ0v) is 9.54. The maximum Gasteiger partial charge on any atom is 1.00 e. The van der Waals surface area contributed by atoms with Gasteiger partial charge in [0, 0.05) is 0 Å². The van der Waals surface area contributed by atoms with E-state index in [2.05, 4.69) is 31.2 Å². The van der Waals surface area contributed by atoms with Gasteiger partial charge < -0.3 is 0 Å². The molecule has 0 saturated heterocycles. The van der Waals surface area contributed by atoms with E-state index in [0.29, 0.717) is 0 Å². The smallest absolute Gasteiger partial charge is 0.226 e. The quantitative estimate of drug-likeness (QED) is 0.330. The minimum Gasteiger partial charge on any atom is -0.226 e. The zero-order chi connectivity index (χ0) is 9.10. The third kappa shape index (κ3) is 3.60. The molecule has 0 heterocycles. The summed E-state index contributed by atoms with van der Waals surface area (Å²) in [4.78, 5) is 0. The second kappa shape index (κ2) is 7.00. The van der Waals surface area contributed by atoms with Crippen LogP contribution in [0.5, 0.6) is 0 Å². The van der Waals surface area contributed by atoms with Crippen molar-refractivity contribution in [3.63, 3.8) is 0 Å². The Morgan fingerprint density at radius 1 is 0.867 bits per heavy atom. The fraction of sp³-hybridized carbons (Fsp3) is 0.0769. The molecule has 2 heteroatoms. The first-order valence-electron chi connectivity index (χ1n) is 4.32. The molecule has 0 nitrogen and oxygen atoms in total. The standard InChI is InChI=1S/C13H10.2Li/c1-11-7-5-6-10-13(11)12-8-3-2-4-9-12;;/h2-8H,1H3;;/q-2;2*+1. The summed E-state index contributed by atoms with van der Waals surface area (Å²) in [7, 11) is 0. The Bertz CT molecular complexity index is 396. The van der Waals surface area contributed by atoms with Gasteiger partial charge in [0.05, 0.1) is 0 Å². The van der Waals surface area contributed by atoms with Crippen molar-refractivity contribution in [3.8, 4) is 11.1 Å². The molecule has 0 radical (unpaired) electrons. The molecule has 15 heavy (non-hydrogen) atoms. The first-order chi connectivity index (χ1) is 6.38. The van der Waals surface area contributed by atoms with Gasteiger partial charge in [-0.05, 0) is 0 Å². The van der Waals surface area contributed by atoms with Crippen molar-refractivity contribution in [2.24, 2.45) is 0 Å². The van der Waals surface area contributed by atoms with E-state index in [1.165, 1.54) is 5.56 Å². The third-order valence-electron chi connectivity index (χ3n) is 2.04. The Labute approximate surface area is 115 Å². The molecular formula is C13H10Li2. The molecule has 0 atom stereocenters. The van der Waals surface area contributed by atoms with Crippen molar-refractivity contribution in [3.05, 3.63) is 60.2 Å². The van der Waals surface area contributed by atoms with Crippen LogP contribution in [0.4, 0.5) is 0 Å². The maximum absolute atomic E-state index is 3.22. The van der Waals surface area contributed by atoms with Crippen LogP contribution in [0.15, 0.2) is 42.5 Å². The monoisotopic (exact) mass is 180 g/mol. The first kappa shape index (κ1) is 14.6. The molecule has 0 aliphatic carbocycles. The molecule has 0 N–H and O–H groups in total. The Hall–Kier alpha value is -0.365. The minimum absolute atomic E-state index is 0. The van der Waals surface area contributed by atoms with Gasteiger partial charge in [-0.1, -0.05) is 6.92 Å². The van der Waals surface area contributed by atoms with Gasteiger partial charge in [0.15, 0.2) is 0 Å². The van der Waals surface area contributed by atoms with Crippen LogP contribution in [0.25, 0.3) is 11.1 Å². The summed E-state index contributed by atoms with van der Waals surface area (Å²) in [6.07, 6.45) is 0. The average molecular weight is 180 g/mol. The molecule has 0 saturated carbocycles. The molecule has 64 valence electrons. The summed E-state index contributed by atoms with van der Waals surface area (Å²) in [5.74, 6) is 0. The van der Waals surface area contributed by atoms with E-state index in [9.17, 15) is 0 Å².